The molecule has 166 valence electrons. The summed E-state index contributed by atoms with van der Waals surface area (Å²) in [6.07, 6.45) is 7.42. The van der Waals surface area contributed by atoms with Crippen LogP contribution in [-0.4, -0.2) is 43.5 Å². The summed E-state index contributed by atoms with van der Waals surface area (Å²) in [5, 5.41) is 15.0. The predicted molar refractivity (Wildman–Crippen MR) is 124 cm³/mol. The minimum Gasteiger partial charge on any atom is -0.335 e. The van der Waals surface area contributed by atoms with Crippen molar-refractivity contribution in [3.63, 3.8) is 0 Å². The maximum atomic E-state index is 12.3. The number of amides is 3. The van der Waals surface area contributed by atoms with Gasteiger partial charge >= 0.3 is 6.03 Å². The highest BCUT2D eigenvalue weighted by atomic mass is 35.5. The molecule has 2 N–H and O–H groups in total. The average molecular weight is 491 g/mol. The fourth-order valence-corrected chi connectivity index (χ4v) is 4.53. The van der Waals surface area contributed by atoms with Gasteiger partial charge in [0.15, 0.2) is 11.0 Å². The van der Waals surface area contributed by atoms with Gasteiger partial charge in [-0.25, -0.2) is 4.79 Å². The largest absolute Gasteiger partial charge is 0.335 e. The first-order valence-corrected chi connectivity index (χ1v) is 11.8. The molecule has 0 aliphatic heterocycles. The van der Waals surface area contributed by atoms with E-state index in [9.17, 15) is 9.59 Å². The molecule has 32 heavy (non-hydrogen) atoms. The molecule has 0 atom stereocenters. The van der Waals surface area contributed by atoms with Crippen molar-refractivity contribution in [2.24, 2.45) is 0 Å². The van der Waals surface area contributed by atoms with Crippen LogP contribution in [0.2, 0.25) is 10.0 Å². The minimum atomic E-state index is -0.468. The van der Waals surface area contributed by atoms with Crippen LogP contribution in [0.3, 0.4) is 0 Å². The van der Waals surface area contributed by atoms with Gasteiger partial charge in [0.25, 0.3) is 0 Å². The standard InChI is InChI=1S/C21H20Cl2N6O2S/c22-16-8-7-15(10-17(16)23)29-19(13-4-3-9-24-11-13)27-28-21(29)32-12-18(30)26-20(31)25-14-5-1-2-6-14/h3-4,7-11,14H,1-2,5-6,12H2,(H2,25,26,30,31). The Kier molecular flexibility index (Phi) is 7.29. The zero-order valence-electron chi connectivity index (χ0n) is 16.9. The lowest BCUT2D eigenvalue weighted by atomic mass is 10.2. The summed E-state index contributed by atoms with van der Waals surface area (Å²) < 4.78 is 1.77. The first-order chi connectivity index (χ1) is 15.5. The Morgan fingerprint density at radius 1 is 1.12 bits per heavy atom. The molecule has 4 rings (SSSR count). The van der Waals surface area contributed by atoms with Crippen LogP contribution in [0, 0.1) is 0 Å². The molecule has 0 unspecified atom stereocenters. The lowest BCUT2D eigenvalue weighted by Gasteiger charge is -2.13. The lowest BCUT2D eigenvalue weighted by molar-refractivity contribution is -0.117. The van der Waals surface area contributed by atoms with Crippen LogP contribution in [-0.2, 0) is 4.79 Å². The van der Waals surface area contributed by atoms with Gasteiger partial charge in [0, 0.05) is 24.0 Å². The number of benzene rings is 1. The predicted octanol–water partition coefficient (Wildman–Crippen LogP) is 4.50. The highest BCUT2D eigenvalue weighted by Crippen LogP contribution is 2.31. The number of carbonyl (C=O) groups excluding carboxylic acids is 2. The SMILES string of the molecule is O=C(CSc1nnc(-c2cccnc2)n1-c1ccc(Cl)c(Cl)c1)NC(=O)NC1CCCC1. The first kappa shape index (κ1) is 22.6. The van der Waals surface area contributed by atoms with E-state index in [1.165, 1.54) is 0 Å². The Bertz CT molecular complexity index is 1120. The Hall–Kier alpha value is -2.62. The maximum absolute atomic E-state index is 12.3. The maximum Gasteiger partial charge on any atom is 0.321 e. The highest BCUT2D eigenvalue weighted by Gasteiger charge is 2.20. The van der Waals surface area contributed by atoms with Gasteiger partial charge in [-0.1, -0.05) is 47.8 Å². The van der Waals surface area contributed by atoms with Crippen molar-refractivity contribution in [1.82, 2.24) is 30.4 Å². The molecule has 8 nitrogen and oxygen atoms in total. The number of carbonyl (C=O) groups is 2. The molecule has 1 aliphatic rings. The van der Waals surface area contributed by atoms with Crippen molar-refractivity contribution in [2.75, 3.05) is 5.75 Å². The topological polar surface area (TPSA) is 102 Å². The van der Waals surface area contributed by atoms with Gasteiger partial charge in [-0.3, -0.25) is 19.7 Å². The normalized spacial score (nSPS) is 13.8. The van der Waals surface area contributed by atoms with Crippen molar-refractivity contribution in [3.8, 4) is 17.1 Å². The van der Waals surface area contributed by atoms with Crippen LogP contribution in [0.25, 0.3) is 17.1 Å². The van der Waals surface area contributed by atoms with Crippen LogP contribution >= 0.6 is 35.0 Å². The fraction of sp³-hybridized carbons (Fsp3) is 0.286. The van der Waals surface area contributed by atoms with Crippen molar-refractivity contribution in [1.29, 1.82) is 0 Å². The smallest absolute Gasteiger partial charge is 0.321 e. The molecule has 1 saturated carbocycles. The van der Waals surface area contributed by atoms with Gasteiger partial charge in [-0.15, -0.1) is 10.2 Å². The van der Waals surface area contributed by atoms with Crippen molar-refractivity contribution < 1.29 is 9.59 Å². The molecule has 0 spiro atoms. The van der Waals surface area contributed by atoms with Crippen LogP contribution in [0.5, 0.6) is 0 Å². The number of hydrogen-bond donors (Lipinski definition) is 2. The molecule has 0 saturated heterocycles. The number of urea groups is 1. The quantitative estimate of drug-likeness (QED) is 0.493. The van der Waals surface area contributed by atoms with E-state index in [0.717, 1.165) is 43.0 Å². The number of nitrogens with zero attached hydrogens (tertiary/aromatic N) is 4. The van der Waals surface area contributed by atoms with Gasteiger partial charge in [-0.05, 0) is 43.2 Å². The third kappa shape index (κ3) is 5.40. The molecule has 3 aromatic rings. The number of nitrogens with one attached hydrogen (secondary N) is 2. The van der Waals surface area contributed by atoms with Crippen LogP contribution in [0.15, 0.2) is 47.9 Å². The van der Waals surface area contributed by atoms with E-state index >= 15 is 0 Å². The second kappa shape index (κ2) is 10.3. The molecule has 2 aromatic heterocycles. The molecule has 0 bridgehead atoms. The summed E-state index contributed by atoms with van der Waals surface area (Å²) in [5.41, 5.74) is 1.43. The third-order valence-electron chi connectivity index (χ3n) is 4.99. The van der Waals surface area contributed by atoms with E-state index < -0.39 is 11.9 Å². The number of halogens is 2. The van der Waals surface area contributed by atoms with Gasteiger partial charge in [0.05, 0.1) is 21.5 Å². The summed E-state index contributed by atoms with van der Waals surface area (Å²) in [6.45, 7) is 0. The van der Waals surface area contributed by atoms with Gasteiger partial charge in [-0.2, -0.15) is 0 Å². The minimum absolute atomic E-state index is 0.00934. The second-order valence-electron chi connectivity index (χ2n) is 7.27. The van der Waals surface area contributed by atoms with E-state index in [-0.39, 0.29) is 11.8 Å². The summed E-state index contributed by atoms with van der Waals surface area (Å²) in [7, 11) is 0. The van der Waals surface area contributed by atoms with E-state index in [1.807, 2.05) is 6.07 Å². The number of hydrogen-bond acceptors (Lipinski definition) is 6. The number of imide groups is 1. The van der Waals surface area contributed by atoms with Crippen molar-refractivity contribution in [3.05, 3.63) is 52.8 Å². The van der Waals surface area contributed by atoms with Crippen LogP contribution < -0.4 is 10.6 Å². The van der Waals surface area contributed by atoms with Crippen molar-refractivity contribution >= 4 is 46.9 Å². The zero-order chi connectivity index (χ0) is 22.5. The Morgan fingerprint density at radius 3 is 2.66 bits per heavy atom. The molecular formula is C21H20Cl2N6O2S. The first-order valence-electron chi connectivity index (χ1n) is 10.1. The fourth-order valence-electron chi connectivity index (χ4n) is 3.49. The Morgan fingerprint density at radius 2 is 1.94 bits per heavy atom. The molecule has 0 radical (unpaired) electrons. The van der Waals surface area contributed by atoms with Gasteiger partial charge in [0.2, 0.25) is 5.91 Å². The number of aromatic nitrogens is 4. The molecule has 1 aromatic carbocycles. The number of pyridine rings is 1. The van der Waals surface area contributed by atoms with E-state index in [4.69, 9.17) is 23.2 Å². The highest BCUT2D eigenvalue weighted by molar-refractivity contribution is 7.99. The summed E-state index contributed by atoms with van der Waals surface area (Å²) in [4.78, 5) is 28.5. The molecule has 2 heterocycles. The monoisotopic (exact) mass is 490 g/mol. The molecule has 1 aliphatic carbocycles. The van der Waals surface area contributed by atoms with Crippen LogP contribution in [0.4, 0.5) is 4.79 Å². The third-order valence-corrected chi connectivity index (χ3v) is 6.66. The number of thioether (sulfide) groups is 1. The average Bonchev–Trinajstić information content (AvgIpc) is 3.44. The van der Waals surface area contributed by atoms with E-state index in [2.05, 4.69) is 25.8 Å². The second-order valence-corrected chi connectivity index (χ2v) is 9.03. The molecule has 1 fully saturated rings. The van der Waals surface area contributed by atoms with Gasteiger partial charge in [0.1, 0.15) is 0 Å². The molecular weight excluding hydrogens is 471 g/mol. The van der Waals surface area contributed by atoms with Gasteiger partial charge < -0.3 is 5.32 Å². The summed E-state index contributed by atoms with van der Waals surface area (Å²) in [6, 6.07) is 8.50. The zero-order valence-corrected chi connectivity index (χ0v) is 19.3. The Labute approximate surface area is 199 Å². The van der Waals surface area contributed by atoms with E-state index in [0.29, 0.717) is 26.7 Å². The summed E-state index contributed by atoms with van der Waals surface area (Å²) in [5.74, 6) is 0.111. The lowest BCUT2D eigenvalue weighted by Crippen LogP contribution is -2.44. The van der Waals surface area contributed by atoms with E-state index in [1.54, 1.807) is 41.2 Å². The van der Waals surface area contributed by atoms with Crippen LogP contribution in [0.1, 0.15) is 25.7 Å². The molecule has 3 amide bonds. The Balaban J connectivity index is 1.52. The number of rotatable bonds is 6. The molecule has 11 heteroatoms. The van der Waals surface area contributed by atoms with Crippen molar-refractivity contribution in [2.45, 2.75) is 36.9 Å². The summed E-state index contributed by atoms with van der Waals surface area (Å²) >= 11 is 13.5.